The molecule has 0 spiro atoms. The highest BCUT2D eigenvalue weighted by atomic mass is 16.5. The average Bonchev–Trinajstić information content (AvgIpc) is 3.26. The van der Waals surface area contributed by atoms with Crippen molar-refractivity contribution in [1.29, 1.82) is 0 Å². The molecular weight excluding hydrogens is 380 g/mol. The van der Waals surface area contributed by atoms with Crippen LogP contribution in [0.15, 0.2) is 115 Å². The molecule has 0 radical (unpaired) electrons. The molecule has 0 aliphatic heterocycles. The van der Waals surface area contributed by atoms with E-state index in [4.69, 9.17) is 9.72 Å². The highest BCUT2D eigenvalue weighted by molar-refractivity contribution is 5.85. The van der Waals surface area contributed by atoms with Gasteiger partial charge >= 0.3 is 0 Å². The summed E-state index contributed by atoms with van der Waals surface area (Å²) in [5.74, 6) is 1.64. The third-order valence-electron chi connectivity index (χ3n) is 5.33. The van der Waals surface area contributed by atoms with Gasteiger partial charge in [0.1, 0.15) is 11.6 Å². The van der Waals surface area contributed by atoms with E-state index in [1.807, 2.05) is 36.4 Å². The van der Waals surface area contributed by atoms with Crippen LogP contribution in [0.5, 0.6) is 5.75 Å². The fourth-order valence-electron chi connectivity index (χ4n) is 3.92. The first-order valence-corrected chi connectivity index (χ1v) is 10.3. The maximum atomic E-state index is 5.70. The molecule has 0 fully saturated rings. The molecule has 0 saturated heterocycles. The number of aromatic nitrogens is 2. The fraction of sp³-hybridized carbons (Fsp3) is 0.0357. The summed E-state index contributed by atoms with van der Waals surface area (Å²) >= 11 is 0. The Hall–Kier alpha value is -4.11. The molecule has 0 amide bonds. The minimum atomic E-state index is 0.795. The number of imidazole rings is 1. The predicted molar refractivity (Wildman–Crippen MR) is 126 cm³/mol. The van der Waals surface area contributed by atoms with Crippen LogP contribution in [0.25, 0.3) is 39.6 Å². The summed E-state index contributed by atoms with van der Waals surface area (Å²) < 4.78 is 7.93. The Morgan fingerprint density at radius 3 is 1.81 bits per heavy atom. The van der Waals surface area contributed by atoms with Crippen LogP contribution in [0.4, 0.5) is 0 Å². The topological polar surface area (TPSA) is 27.1 Å². The molecule has 3 heteroatoms. The number of hydrogen-bond acceptors (Lipinski definition) is 2. The minimum Gasteiger partial charge on any atom is -0.496 e. The summed E-state index contributed by atoms with van der Waals surface area (Å²) in [6.07, 6.45) is 0. The van der Waals surface area contributed by atoms with Crippen LogP contribution in [0.2, 0.25) is 0 Å². The van der Waals surface area contributed by atoms with Gasteiger partial charge in [-0.2, -0.15) is 0 Å². The van der Waals surface area contributed by atoms with Crippen molar-refractivity contribution in [1.82, 2.24) is 9.55 Å². The SMILES string of the molecule is COc1ccccc1-c1nc(-c2ccccc2)c(-c2ccccc2)n1-c1ccccc1. The van der Waals surface area contributed by atoms with E-state index >= 15 is 0 Å². The number of nitrogens with zero attached hydrogens (tertiary/aromatic N) is 2. The lowest BCUT2D eigenvalue weighted by Crippen LogP contribution is -2.01. The molecule has 0 aliphatic carbocycles. The highest BCUT2D eigenvalue weighted by Gasteiger charge is 2.23. The Kier molecular flexibility index (Phi) is 5.07. The summed E-state index contributed by atoms with van der Waals surface area (Å²) in [5.41, 5.74) is 6.19. The van der Waals surface area contributed by atoms with E-state index in [9.17, 15) is 0 Å². The van der Waals surface area contributed by atoms with Gasteiger partial charge in [0, 0.05) is 16.8 Å². The molecule has 150 valence electrons. The largest absolute Gasteiger partial charge is 0.496 e. The first-order chi connectivity index (χ1) is 15.4. The van der Waals surface area contributed by atoms with Crippen molar-refractivity contribution in [3.05, 3.63) is 115 Å². The molecule has 1 heterocycles. The van der Waals surface area contributed by atoms with Gasteiger partial charge in [-0.3, -0.25) is 4.57 Å². The second-order valence-electron chi connectivity index (χ2n) is 7.24. The van der Waals surface area contributed by atoms with Crippen LogP contribution in [-0.2, 0) is 0 Å². The summed E-state index contributed by atoms with van der Waals surface area (Å²) in [6, 6.07) is 39.2. The van der Waals surface area contributed by atoms with Crippen molar-refractivity contribution in [2.75, 3.05) is 7.11 Å². The van der Waals surface area contributed by atoms with Gasteiger partial charge in [-0.15, -0.1) is 0 Å². The molecule has 4 aromatic carbocycles. The van der Waals surface area contributed by atoms with Gasteiger partial charge < -0.3 is 4.74 Å². The number of benzene rings is 4. The van der Waals surface area contributed by atoms with Crippen LogP contribution in [-0.4, -0.2) is 16.7 Å². The average molecular weight is 402 g/mol. The zero-order valence-corrected chi connectivity index (χ0v) is 17.3. The number of hydrogen-bond donors (Lipinski definition) is 0. The Labute approximate surface area is 182 Å². The number of para-hydroxylation sites is 2. The summed E-state index contributed by atoms with van der Waals surface area (Å²) in [4.78, 5) is 5.19. The molecule has 0 aliphatic rings. The van der Waals surface area contributed by atoms with Gasteiger partial charge in [-0.25, -0.2) is 4.98 Å². The van der Waals surface area contributed by atoms with E-state index in [1.165, 1.54) is 0 Å². The molecule has 0 bridgehead atoms. The molecule has 31 heavy (non-hydrogen) atoms. The van der Waals surface area contributed by atoms with Crippen LogP contribution in [0.1, 0.15) is 0 Å². The molecule has 0 saturated carbocycles. The van der Waals surface area contributed by atoms with Crippen LogP contribution in [0.3, 0.4) is 0 Å². The molecule has 0 unspecified atom stereocenters. The maximum Gasteiger partial charge on any atom is 0.149 e. The molecule has 5 aromatic rings. The minimum absolute atomic E-state index is 0.795. The van der Waals surface area contributed by atoms with Crippen LogP contribution >= 0.6 is 0 Å². The van der Waals surface area contributed by atoms with Gasteiger partial charge in [-0.05, 0) is 24.3 Å². The molecule has 0 atom stereocenters. The number of rotatable bonds is 5. The van der Waals surface area contributed by atoms with Gasteiger partial charge in [0.25, 0.3) is 0 Å². The summed E-state index contributed by atoms with van der Waals surface area (Å²) in [5, 5.41) is 0. The van der Waals surface area contributed by atoms with Gasteiger partial charge in [0.05, 0.1) is 24.1 Å². The lowest BCUT2D eigenvalue weighted by atomic mass is 10.0. The zero-order chi connectivity index (χ0) is 21.0. The predicted octanol–water partition coefficient (Wildman–Crippen LogP) is 6.88. The fourth-order valence-corrected chi connectivity index (χ4v) is 3.92. The Balaban J connectivity index is 1.91. The van der Waals surface area contributed by atoms with E-state index in [-0.39, 0.29) is 0 Å². The van der Waals surface area contributed by atoms with E-state index in [0.29, 0.717) is 0 Å². The van der Waals surface area contributed by atoms with Crippen molar-refractivity contribution in [3.63, 3.8) is 0 Å². The van der Waals surface area contributed by atoms with Gasteiger partial charge in [-0.1, -0.05) is 91.0 Å². The van der Waals surface area contributed by atoms with E-state index < -0.39 is 0 Å². The van der Waals surface area contributed by atoms with Crippen molar-refractivity contribution in [2.45, 2.75) is 0 Å². The van der Waals surface area contributed by atoms with Crippen LogP contribution in [0, 0.1) is 0 Å². The van der Waals surface area contributed by atoms with Gasteiger partial charge in [0.2, 0.25) is 0 Å². The van der Waals surface area contributed by atoms with Crippen molar-refractivity contribution < 1.29 is 4.74 Å². The van der Waals surface area contributed by atoms with Crippen molar-refractivity contribution in [2.24, 2.45) is 0 Å². The van der Waals surface area contributed by atoms with Crippen molar-refractivity contribution >= 4 is 0 Å². The molecule has 0 N–H and O–H groups in total. The lowest BCUT2D eigenvalue weighted by Gasteiger charge is -2.15. The maximum absolute atomic E-state index is 5.70. The third-order valence-corrected chi connectivity index (χ3v) is 5.33. The zero-order valence-electron chi connectivity index (χ0n) is 17.3. The smallest absolute Gasteiger partial charge is 0.149 e. The first kappa shape index (κ1) is 18.9. The lowest BCUT2D eigenvalue weighted by molar-refractivity contribution is 0.416. The molecule has 5 rings (SSSR count). The van der Waals surface area contributed by atoms with E-state index in [2.05, 4.69) is 83.4 Å². The Morgan fingerprint density at radius 1 is 0.613 bits per heavy atom. The Bertz CT molecular complexity index is 1290. The normalized spacial score (nSPS) is 10.7. The second kappa shape index (κ2) is 8.33. The van der Waals surface area contributed by atoms with E-state index in [1.54, 1.807) is 7.11 Å². The van der Waals surface area contributed by atoms with Crippen LogP contribution < -0.4 is 4.74 Å². The highest BCUT2D eigenvalue weighted by Crippen LogP contribution is 2.40. The van der Waals surface area contributed by atoms with Gasteiger partial charge in [0.15, 0.2) is 0 Å². The third kappa shape index (κ3) is 3.51. The monoisotopic (exact) mass is 402 g/mol. The Morgan fingerprint density at radius 2 is 1.16 bits per heavy atom. The van der Waals surface area contributed by atoms with E-state index in [0.717, 1.165) is 45.3 Å². The molecular formula is C28H22N2O. The quantitative estimate of drug-likeness (QED) is 0.320. The van der Waals surface area contributed by atoms with Crippen molar-refractivity contribution in [3.8, 4) is 45.3 Å². The second-order valence-corrected chi connectivity index (χ2v) is 7.24. The number of ether oxygens (including phenoxy) is 1. The number of methoxy groups -OCH3 is 1. The first-order valence-electron chi connectivity index (χ1n) is 10.3. The molecule has 1 aromatic heterocycles. The standard InChI is InChI=1S/C28H22N2O/c1-31-25-20-12-11-19-24(25)28-29-26(21-13-5-2-6-14-21)27(22-15-7-3-8-16-22)30(28)23-17-9-4-10-18-23/h2-20H,1H3. The summed E-state index contributed by atoms with van der Waals surface area (Å²) in [7, 11) is 1.70. The summed E-state index contributed by atoms with van der Waals surface area (Å²) in [6.45, 7) is 0. The molecule has 3 nitrogen and oxygen atoms in total.